The molecule has 0 atom stereocenters. The van der Waals surface area contributed by atoms with Crippen LogP contribution in [0, 0.1) is 0 Å². The van der Waals surface area contributed by atoms with E-state index in [4.69, 9.17) is 16.6 Å². The number of rotatable bonds is 11. The van der Waals surface area contributed by atoms with Gasteiger partial charge in [0.1, 0.15) is 17.3 Å². The second kappa shape index (κ2) is 18.4. The molecule has 0 unspecified atom stereocenters. The van der Waals surface area contributed by atoms with Gasteiger partial charge in [0.15, 0.2) is 11.6 Å². The van der Waals surface area contributed by atoms with E-state index in [0.717, 1.165) is 111 Å². The van der Waals surface area contributed by atoms with E-state index >= 15 is 0 Å². The number of aromatic nitrogens is 10. The fourth-order valence-corrected chi connectivity index (χ4v) is 7.09. The Balaban J connectivity index is 0.000000146. The number of nitrogens with zero attached hydrogens (tertiary/aromatic N) is 9. The molecular formula is C46H46N14O. The van der Waals surface area contributed by atoms with E-state index in [9.17, 15) is 4.79 Å². The molecule has 7 N–H and O–H groups in total. The number of hydrogen-bond donors (Lipinski definition) is 5. The summed E-state index contributed by atoms with van der Waals surface area (Å²) in [6, 6.07) is 35.8. The lowest BCUT2D eigenvalue weighted by atomic mass is 10.1. The minimum absolute atomic E-state index is 0.454. The van der Waals surface area contributed by atoms with Crippen LogP contribution in [0.25, 0.3) is 66.1 Å². The van der Waals surface area contributed by atoms with Gasteiger partial charge in [-0.15, -0.1) is 0 Å². The van der Waals surface area contributed by atoms with Crippen LogP contribution in [0.1, 0.15) is 15.9 Å². The van der Waals surface area contributed by atoms with Crippen molar-refractivity contribution in [1.29, 1.82) is 0 Å². The fraction of sp³-hybridized carbons (Fsp3) is 0.152. The number of nitrogens with two attached hydrogens (primary N) is 2. The molecular weight excluding hydrogens is 765 g/mol. The molecule has 10 aromatic rings. The highest BCUT2D eigenvalue weighted by Crippen LogP contribution is 2.31. The first-order valence-electron chi connectivity index (χ1n) is 19.9. The number of carbonyl (C=O) groups excluding carboxylic acids is 1. The Morgan fingerprint density at radius 3 is 1.67 bits per heavy atom. The molecule has 0 fully saturated rings. The molecule has 0 aliphatic carbocycles. The average molecular weight is 811 g/mol. The second-order valence-corrected chi connectivity index (χ2v) is 14.6. The lowest BCUT2D eigenvalue weighted by Crippen LogP contribution is -2.23. The zero-order valence-corrected chi connectivity index (χ0v) is 33.9. The molecule has 10 rings (SSSR count). The Labute approximate surface area is 351 Å². The van der Waals surface area contributed by atoms with E-state index in [1.54, 1.807) is 24.5 Å². The van der Waals surface area contributed by atoms with Gasteiger partial charge >= 0.3 is 0 Å². The van der Waals surface area contributed by atoms with Crippen LogP contribution in [0.5, 0.6) is 0 Å². The molecule has 61 heavy (non-hydrogen) atoms. The first-order valence-corrected chi connectivity index (χ1v) is 19.9. The van der Waals surface area contributed by atoms with Crippen molar-refractivity contribution in [3.63, 3.8) is 0 Å². The first kappa shape index (κ1) is 40.0. The van der Waals surface area contributed by atoms with Gasteiger partial charge in [-0.2, -0.15) is 20.4 Å². The third kappa shape index (κ3) is 9.28. The summed E-state index contributed by atoms with van der Waals surface area (Å²) in [5, 5.41) is 30.5. The zero-order valence-electron chi connectivity index (χ0n) is 33.9. The Morgan fingerprint density at radius 2 is 1.20 bits per heavy atom. The summed E-state index contributed by atoms with van der Waals surface area (Å²) in [5.74, 6) is 0.910. The molecule has 0 aliphatic heterocycles. The molecule has 0 radical (unpaired) electrons. The molecule has 6 heterocycles. The molecule has 15 nitrogen and oxygen atoms in total. The number of nitrogen functional groups attached to an aromatic ring is 2. The summed E-state index contributed by atoms with van der Waals surface area (Å²) in [6.07, 6.45) is 8.41. The predicted molar refractivity (Wildman–Crippen MR) is 243 cm³/mol. The highest BCUT2D eigenvalue weighted by molar-refractivity contribution is 6.09. The quantitative estimate of drug-likeness (QED) is 0.0845. The molecule has 0 amide bonds. The number of hydrogen-bond acceptors (Lipinski definition) is 11. The number of aldehydes is 1. The molecule has 4 aromatic carbocycles. The summed E-state index contributed by atoms with van der Waals surface area (Å²) in [5.41, 5.74) is 21.6. The van der Waals surface area contributed by atoms with Crippen molar-refractivity contribution in [2.45, 2.75) is 19.6 Å². The molecule has 0 spiro atoms. The number of fused-ring (bicyclic) bond motifs is 6. The Morgan fingerprint density at radius 1 is 0.672 bits per heavy atom. The maximum absolute atomic E-state index is 10.0. The predicted octanol–water partition coefficient (Wildman–Crippen LogP) is 6.96. The molecule has 6 aromatic heterocycles. The lowest BCUT2D eigenvalue weighted by Gasteiger charge is -2.16. The Bertz CT molecular complexity index is 3000. The molecule has 306 valence electrons. The molecule has 0 saturated heterocycles. The van der Waals surface area contributed by atoms with Crippen LogP contribution in [0.15, 0.2) is 134 Å². The van der Waals surface area contributed by atoms with Crippen LogP contribution >= 0.6 is 0 Å². The van der Waals surface area contributed by atoms with Crippen LogP contribution in [0.3, 0.4) is 0 Å². The standard InChI is InChI=1S/C23H23N7.C16H17N7.C7H6O/c1-29(14-16-5-3-2-4-6-16)11-12-30-15-19-18-8-7-17(20-9-10-25-27-20)13-21(18)26-23(24)22(19)28-30;1-18-6-7-23-9-12-11-3-2-10(13-4-5-19-21-13)8-14(11)20-16(17)15(12)22-23;8-6-7-4-2-1-3-5-7/h2-10,13,15H,11-12,14H2,1H3,(H2,24,26)(H,25,27);2-5,8-9,18H,6-7H2,1H3,(H2,17,20)(H,19,21);1-6H. The molecule has 15 heteroatoms. The molecule has 0 aliphatic rings. The van der Waals surface area contributed by atoms with Crippen molar-refractivity contribution < 1.29 is 4.79 Å². The van der Waals surface area contributed by atoms with Crippen molar-refractivity contribution >= 4 is 61.5 Å². The van der Waals surface area contributed by atoms with Gasteiger partial charge in [0, 0.05) is 82.7 Å². The van der Waals surface area contributed by atoms with Crippen molar-refractivity contribution in [2.75, 3.05) is 38.7 Å². The fourth-order valence-electron chi connectivity index (χ4n) is 7.09. The van der Waals surface area contributed by atoms with Gasteiger partial charge in [0.2, 0.25) is 0 Å². The Hall–Kier alpha value is -7.75. The molecule has 0 saturated carbocycles. The van der Waals surface area contributed by atoms with Crippen LogP contribution < -0.4 is 16.8 Å². The second-order valence-electron chi connectivity index (χ2n) is 14.6. The highest BCUT2D eigenvalue weighted by Gasteiger charge is 2.14. The number of pyridine rings is 2. The van der Waals surface area contributed by atoms with E-state index in [-0.39, 0.29) is 0 Å². The van der Waals surface area contributed by atoms with Gasteiger partial charge in [0.25, 0.3) is 0 Å². The summed E-state index contributed by atoms with van der Waals surface area (Å²) < 4.78 is 3.87. The summed E-state index contributed by atoms with van der Waals surface area (Å²) in [4.78, 5) is 21.4. The number of carbonyl (C=O) groups is 1. The minimum atomic E-state index is 0.454. The third-order valence-corrected chi connectivity index (χ3v) is 10.2. The van der Waals surface area contributed by atoms with E-state index in [2.05, 4.69) is 107 Å². The minimum Gasteiger partial charge on any atom is -0.382 e. The molecule has 0 bridgehead atoms. The van der Waals surface area contributed by atoms with Gasteiger partial charge < -0.3 is 21.7 Å². The van der Waals surface area contributed by atoms with Crippen LogP contribution in [-0.2, 0) is 19.6 Å². The number of benzene rings is 4. The lowest BCUT2D eigenvalue weighted by molar-refractivity contribution is 0.112. The summed E-state index contributed by atoms with van der Waals surface area (Å²) >= 11 is 0. The zero-order chi connectivity index (χ0) is 42.1. The van der Waals surface area contributed by atoms with E-state index in [1.165, 1.54) is 5.56 Å². The van der Waals surface area contributed by atoms with E-state index in [1.807, 2.05) is 71.1 Å². The van der Waals surface area contributed by atoms with Crippen molar-refractivity contribution in [3.8, 4) is 22.5 Å². The van der Waals surface area contributed by atoms with Crippen LogP contribution in [0.4, 0.5) is 11.6 Å². The monoisotopic (exact) mass is 810 g/mol. The van der Waals surface area contributed by atoms with E-state index < -0.39 is 0 Å². The highest BCUT2D eigenvalue weighted by atomic mass is 16.1. The van der Waals surface area contributed by atoms with Gasteiger partial charge in [0.05, 0.1) is 35.5 Å². The van der Waals surface area contributed by atoms with Gasteiger partial charge in [-0.05, 0) is 43.9 Å². The van der Waals surface area contributed by atoms with Crippen LogP contribution in [0.2, 0.25) is 0 Å². The van der Waals surface area contributed by atoms with Gasteiger partial charge in [-0.25, -0.2) is 9.97 Å². The number of nitrogens with one attached hydrogen (secondary N) is 3. The van der Waals surface area contributed by atoms with Crippen molar-refractivity contribution in [1.82, 2.24) is 60.1 Å². The summed E-state index contributed by atoms with van der Waals surface area (Å²) in [6.45, 7) is 4.22. The number of H-pyrrole nitrogens is 2. The number of likely N-dealkylation sites (N-methyl/N-ethyl adjacent to an activating group) is 2. The summed E-state index contributed by atoms with van der Waals surface area (Å²) in [7, 11) is 4.05. The third-order valence-electron chi connectivity index (χ3n) is 10.2. The van der Waals surface area contributed by atoms with Crippen LogP contribution in [-0.4, -0.2) is 88.3 Å². The van der Waals surface area contributed by atoms with Gasteiger partial charge in [-0.3, -0.25) is 24.4 Å². The Kier molecular flexibility index (Phi) is 12.1. The first-order chi connectivity index (χ1) is 29.9. The smallest absolute Gasteiger partial charge is 0.152 e. The largest absolute Gasteiger partial charge is 0.382 e. The average Bonchev–Trinajstić information content (AvgIpc) is 4.14. The number of aromatic amines is 2. The van der Waals surface area contributed by atoms with Crippen molar-refractivity contribution in [2.24, 2.45) is 0 Å². The number of anilines is 2. The van der Waals surface area contributed by atoms with Gasteiger partial charge in [-0.1, -0.05) is 84.9 Å². The maximum atomic E-state index is 10.0. The maximum Gasteiger partial charge on any atom is 0.152 e. The SMILES string of the molecule is CN(CCn1cc2c(n1)c(N)nc1cc(-c3ccn[nH]3)ccc12)Cc1ccccc1.CNCCn1cc2c(n1)c(N)nc1cc(-c3ccn[nH]3)ccc12.O=Cc1ccccc1. The topological polar surface area (TPSA) is 203 Å². The van der Waals surface area contributed by atoms with E-state index in [0.29, 0.717) is 11.6 Å². The normalized spacial score (nSPS) is 11.2. The van der Waals surface area contributed by atoms with Crippen molar-refractivity contribution in [3.05, 3.63) is 145 Å².